The van der Waals surface area contributed by atoms with Crippen molar-refractivity contribution < 1.29 is 9.59 Å². The summed E-state index contributed by atoms with van der Waals surface area (Å²) in [5.74, 6) is -0.461. The number of aryl methyl sites for hydroxylation is 2. The molecule has 0 amide bonds. The first-order chi connectivity index (χ1) is 22.8. The summed E-state index contributed by atoms with van der Waals surface area (Å²) in [7, 11) is 0. The van der Waals surface area contributed by atoms with E-state index in [2.05, 4.69) is 134 Å². The maximum Gasteiger partial charge on any atom is 0.197 e. The minimum Gasteiger partial charge on any atom is -0.310 e. The third-order valence-corrected chi connectivity index (χ3v) is 9.51. The molecular formula is C44H33NO2. The second-order valence-corrected chi connectivity index (χ2v) is 12.7. The van der Waals surface area contributed by atoms with Crippen LogP contribution < -0.4 is 4.90 Å². The van der Waals surface area contributed by atoms with Gasteiger partial charge in [0.15, 0.2) is 11.6 Å². The van der Waals surface area contributed by atoms with Crippen molar-refractivity contribution in [3.05, 3.63) is 173 Å². The molecule has 8 rings (SSSR count). The smallest absolute Gasteiger partial charge is 0.197 e. The first kappa shape index (κ1) is 28.7. The number of allylic oxidation sites excluding steroid dienone is 2. The third-order valence-electron chi connectivity index (χ3n) is 9.51. The molecule has 0 spiro atoms. The number of hydrogen-bond donors (Lipinski definition) is 0. The predicted molar refractivity (Wildman–Crippen MR) is 195 cm³/mol. The topological polar surface area (TPSA) is 37.4 Å². The summed E-state index contributed by atoms with van der Waals surface area (Å²) in [6.07, 6.45) is 1.85. The Kier molecular flexibility index (Phi) is 6.84. The fourth-order valence-electron chi connectivity index (χ4n) is 7.05. The normalized spacial score (nSPS) is 14.3. The van der Waals surface area contributed by atoms with Gasteiger partial charge in [0.25, 0.3) is 0 Å². The second kappa shape index (κ2) is 11.2. The van der Waals surface area contributed by atoms with E-state index in [-0.39, 0.29) is 23.1 Å². The van der Waals surface area contributed by atoms with Crippen molar-refractivity contribution in [2.24, 2.45) is 0 Å². The lowest BCUT2D eigenvalue weighted by Crippen LogP contribution is -2.10. The molecule has 0 heterocycles. The van der Waals surface area contributed by atoms with Crippen molar-refractivity contribution in [1.82, 2.24) is 0 Å². The molecule has 0 aliphatic heterocycles. The van der Waals surface area contributed by atoms with Gasteiger partial charge >= 0.3 is 0 Å². The van der Waals surface area contributed by atoms with Gasteiger partial charge in [-0.2, -0.15) is 0 Å². The van der Waals surface area contributed by atoms with Gasteiger partial charge in [-0.25, -0.2) is 0 Å². The van der Waals surface area contributed by atoms with Crippen molar-refractivity contribution in [3.8, 4) is 0 Å². The number of anilines is 3. The maximum atomic E-state index is 13.2. The summed E-state index contributed by atoms with van der Waals surface area (Å²) in [4.78, 5) is 28.7. The van der Waals surface area contributed by atoms with Gasteiger partial charge in [0.2, 0.25) is 0 Å². The van der Waals surface area contributed by atoms with Gasteiger partial charge in [-0.15, -0.1) is 0 Å². The standard InChI is InChI=1S/C44H33NO2/c1-27-12-19-39-41(20-27)44(47)42(43(39)46)22-29(3)40-26-34-15-18-38(25-35(34)21-28(40)2)45(36-16-13-30-8-4-6-10-32(30)23-36)37-17-14-31-9-5-7-11-33(31)24-37/h4-26,29H,1-3H3. The fourth-order valence-corrected chi connectivity index (χ4v) is 7.05. The second-order valence-electron chi connectivity index (χ2n) is 12.7. The lowest BCUT2D eigenvalue weighted by Gasteiger charge is -2.27. The van der Waals surface area contributed by atoms with Crippen LogP contribution in [0.3, 0.4) is 0 Å². The van der Waals surface area contributed by atoms with E-state index in [1.165, 1.54) is 21.5 Å². The summed E-state index contributed by atoms with van der Waals surface area (Å²) in [5.41, 5.74) is 7.74. The molecule has 1 aliphatic rings. The van der Waals surface area contributed by atoms with Gasteiger partial charge in [0.1, 0.15) is 0 Å². The van der Waals surface area contributed by atoms with Gasteiger partial charge in [0, 0.05) is 34.1 Å². The highest BCUT2D eigenvalue weighted by Gasteiger charge is 2.33. The molecule has 3 nitrogen and oxygen atoms in total. The Hall–Kier alpha value is -5.80. The number of hydrogen-bond acceptors (Lipinski definition) is 3. The number of nitrogens with zero attached hydrogens (tertiary/aromatic N) is 1. The molecular weight excluding hydrogens is 574 g/mol. The summed E-state index contributed by atoms with van der Waals surface area (Å²) in [6, 6.07) is 46.7. The average molecular weight is 608 g/mol. The molecule has 0 saturated heterocycles. The van der Waals surface area contributed by atoms with E-state index in [1.54, 1.807) is 6.07 Å². The van der Waals surface area contributed by atoms with E-state index in [0.717, 1.165) is 44.5 Å². The Balaban J connectivity index is 1.20. The van der Waals surface area contributed by atoms with E-state index in [0.29, 0.717) is 11.1 Å². The summed E-state index contributed by atoms with van der Waals surface area (Å²) >= 11 is 0. The number of Topliss-reactive ketones (excluding diaryl/α,β-unsaturated/α-hetero) is 2. The van der Waals surface area contributed by atoms with Crippen molar-refractivity contribution >= 4 is 60.9 Å². The zero-order valence-electron chi connectivity index (χ0n) is 26.6. The van der Waals surface area contributed by atoms with Gasteiger partial charge in [-0.05, 0) is 99.8 Å². The Morgan fingerprint density at radius 1 is 0.511 bits per heavy atom. The Morgan fingerprint density at radius 3 is 1.64 bits per heavy atom. The molecule has 47 heavy (non-hydrogen) atoms. The SMILES string of the molecule is Cc1ccc2c(c1)C(=O)C(=CC(C)c1cc3ccc(N(c4ccc5ccccc5c4)c4ccc5ccccc5c4)cc3cc1C)C2=O. The van der Waals surface area contributed by atoms with Crippen LogP contribution in [-0.2, 0) is 0 Å². The quantitative estimate of drug-likeness (QED) is 0.144. The summed E-state index contributed by atoms with van der Waals surface area (Å²) < 4.78 is 0. The third kappa shape index (κ3) is 5.01. The molecule has 0 fully saturated rings. The van der Waals surface area contributed by atoms with Gasteiger partial charge in [-0.3, -0.25) is 9.59 Å². The van der Waals surface area contributed by atoms with E-state index in [9.17, 15) is 9.59 Å². The Labute approximate surface area is 274 Å². The van der Waals surface area contributed by atoms with Crippen LogP contribution in [0.4, 0.5) is 17.1 Å². The highest BCUT2D eigenvalue weighted by Crippen LogP contribution is 2.40. The van der Waals surface area contributed by atoms with Crippen LogP contribution in [0, 0.1) is 13.8 Å². The molecule has 0 bridgehead atoms. The summed E-state index contributed by atoms with van der Waals surface area (Å²) in [6.45, 7) is 6.11. The van der Waals surface area contributed by atoms with Crippen molar-refractivity contribution in [1.29, 1.82) is 0 Å². The van der Waals surface area contributed by atoms with Crippen LogP contribution in [-0.4, -0.2) is 11.6 Å². The van der Waals surface area contributed by atoms with Gasteiger partial charge in [0.05, 0.1) is 5.57 Å². The molecule has 7 aromatic carbocycles. The zero-order chi connectivity index (χ0) is 32.2. The molecule has 1 aliphatic carbocycles. The van der Waals surface area contributed by atoms with Crippen molar-refractivity contribution in [2.45, 2.75) is 26.7 Å². The Morgan fingerprint density at radius 2 is 1.02 bits per heavy atom. The Bertz CT molecular complexity index is 2370. The lowest BCUT2D eigenvalue weighted by molar-refractivity contribution is 0.0988. The molecule has 3 heteroatoms. The average Bonchev–Trinajstić information content (AvgIpc) is 3.31. The molecule has 1 unspecified atom stereocenters. The zero-order valence-corrected chi connectivity index (χ0v) is 26.6. The molecule has 0 N–H and O–H groups in total. The first-order valence-corrected chi connectivity index (χ1v) is 16.1. The number of ketones is 2. The molecule has 0 saturated carbocycles. The number of carbonyl (C=O) groups excluding carboxylic acids is 2. The largest absolute Gasteiger partial charge is 0.310 e. The molecule has 0 radical (unpaired) electrons. The first-order valence-electron chi connectivity index (χ1n) is 16.1. The number of benzene rings is 7. The number of rotatable bonds is 5. The minimum atomic E-state index is -0.178. The molecule has 226 valence electrons. The molecule has 7 aromatic rings. The van der Waals surface area contributed by atoms with Crippen LogP contribution in [0.15, 0.2) is 145 Å². The van der Waals surface area contributed by atoms with Crippen LogP contribution in [0.25, 0.3) is 32.3 Å². The van der Waals surface area contributed by atoms with Crippen LogP contribution >= 0.6 is 0 Å². The van der Waals surface area contributed by atoms with E-state index >= 15 is 0 Å². The van der Waals surface area contributed by atoms with E-state index in [4.69, 9.17) is 0 Å². The maximum absolute atomic E-state index is 13.2. The van der Waals surface area contributed by atoms with E-state index in [1.807, 2.05) is 25.1 Å². The highest BCUT2D eigenvalue weighted by molar-refractivity contribution is 6.39. The fraction of sp³-hybridized carbons (Fsp3) is 0.0909. The number of fused-ring (bicyclic) bond motifs is 4. The van der Waals surface area contributed by atoms with E-state index < -0.39 is 0 Å². The van der Waals surface area contributed by atoms with Crippen LogP contribution in [0.2, 0.25) is 0 Å². The molecule has 0 aromatic heterocycles. The van der Waals surface area contributed by atoms with Crippen molar-refractivity contribution in [2.75, 3.05) is 4.90 Å². The predicted octanol–water partition coefficient (Wildman–Crippen LogP) is 11.3. The minimum absolute atomic E-state index is 0.107. The number of carbonyl (C=O) groups is 2. The van der Waals surface area contributed by atoms with Gasteiger partial charge in [-0.1, -0.05) is 110 Å². The van der Waals surface area contributed by atoms with Gasteiger partial charge < -0.3 is 4.90 Å². The van der Waals surface area contributed by atoms with Crippen molar-refractivity contribution in [3.63, 3.8) is 0 Å². The summed E-state index contributed by atoms with van der Waals surface area (Å²) in [5, 5.41) is 7.04. The van der Waals surface area contributed by atoms with Crippen LogP contribution in [0.5, 0.6) is 0 Å². The molecule has 1 atom stereocenters. The lowest BCUT2D eigenvalue weighted by atomic mass is 9.90. The van der Waals surface area contributed by atoms with Crippen LogP contribution in [0.1, 0.15) is 50.2 Å². The highest BCUT2D eigenvalue weighted by atomic mass is 16.2. The monoisotopic (exact) mass is 607 g/mol.